The van der Waals surface area contributed by atoms with Crippen molar-refractivity contribution in [1.29, 1.82) is 0 Å². The summed E-state index contributed by atoms with van der Waals surface area (Å²) in [6.07, 6.45) is 4.24. The Morgan fingerprint density at radius 1 is 1.15 bits per heavy atom. The van der Waals surface area contributed by atoms with Crippen LogP contribution in [0.2, 0.25) is 0 Å². The molecular formula is C20H27N3O3. The number of carbonyl (C=O) groups is 3. The van der Waals surface area contributed by atoms with Gasteiger partial charge in [0.25, 0.3) is 0 Å². The average Bonchev–Trinajstić information content (AvgIpc) is 2.89. The summed E-state index contributed by atoms with van der Waals surface area (Å²) in [7, 11) is 0. The minimum atomic E-state index is -1.25. The Balaban J connectivity index is 1.62. The van der Waals surface area contributed by atoms with Gasteiger partial charge in [-0.15, -0.1) is 0 Å². The van der Waals surface area contributed by atoms with Gasteiger partial charge in [0.05, 0.1) is 6.04 Å². The third-order valence-corrected chi connectivity index (χ3v) is 5.03. The van der Waals surface area contributed by atoms with E-state index in [4.69, 9.17) is 0 Å². The maximum absolute atomic E-state index is 12.5. The standard InChI is InChI=1S/C20H27N3O3/c1-13(2)12-16-18(24)17(20(26)22-16)19(25)21-14-6-8-15(9-7-14)23-10-4-3-5-11-23/h6-9,13,16-17H,3-5,10-12H2,1-2H3,(H,21,25)(H,22,26). The number of hydrogen-bond acceptors (Lipinski definition) is 4. The zero-order valence-electron chi connectivity index (χ0n) is 15.5. The lowest BCUT2D eigenvalue weighted by molar-refractivity contribution is -0.135. The molecule has 2 atom stereocenters. The van der Waals surface area contributed by atoms with Crippen LogP contribution in [0.25, 0.3) is 0 Å². The van der Waals surface area contributed by atoms with E-state index >= 15 is 0 Å². The second-order valence-electron chi connectivity index (χ2n) is 7.61. The van der Waals surface area contributed by atoms with Crippen molar-refractivity contribution >= 4 is 29.0 Å². The molecule has 1 aromatic carbocycles. The molecule has 0 radical (unpaired) electrons. The number of benzene rings is 1. The molecule has 6 nitrogen and oxygen atoms in total. The van der Waals surface area contributed by atoms with Crippen LogP contribution in [0.1, 0.15) is 39.5 Å². The molecule has 0 bridgehead atoms. The van der Waals surface area contributed by atoms with Crippen LogP contribution in [0, 0.1) is 11.8 Å². The van der Waals surface area contributed by atoms with Gasteiger partial charge in [-0.25, -0.2) is 0 Å². The lowest BCUT2D eigenvalue weighted by atomic mass is 9.96. The molecule has 2 heterocycles. The molecule has 0 aliphatic carbocycles. The van der Waals surface area contributed by atoms with E-state index in [1.807, 2.05) is 38.1 Å². The monoisotopic (exact) mass is 357 g/mol. The molecule has 2 saturated heterocycles. The molecule has 2 fully saturated rings. The zero-order chi connectivity index (χ0) is 18.7. The number of carbonyl (C=O) groups excluding carboxylic acids is 3. The molecule has 0 spiro atoms. The molecule has 2 aliphatic rings. The fourth-order valence-corrected chi connectivity index (χ4v) is 3.67. The molecule has 6 heteroatoms. The van der Waals surface area contributed by atoms with E-state index in [1.54, 1.807) is 0 Å². The fourth-order valence-electron chi connectivity index (χ4n) is 3.67. The van der Waals surface area contributed by atoms with Gasteiger partial charge in [-0.3, -0.25) is 14.4 Å². The molecule has 2 amide bonds. The Morgan fingerprint density at radius 3 is 2.42 bits per heavy atom. The van der Waals surface area contributed by atoms with Crippen LogP contribution in [0.5, 0.6) is 0 Å². The lowest BCUT2D eigenvalue weighted by Gasteiger charge is -2.28. The maximum atomic E-state index is 12.5. The number of rotatable bonds is 5. The highest BCUT2D eigenvalue weighted by Crippen LogP contribution is 2.23. The Labute approximate surface area is 154 Å². The van der Waals surface area contributed by atoms with Crippen LogP contribution < -0.4 is 15.5 Å². The van der Waals surface area contributed by atoms with Crippen LogP contribution in [0.15, 0.2) is 24.3 Å². The number of nitrogens with zero attached hydrogens (tertiary/aromatic N) is 1. The topological polar surface area (TPSA) is 78.5 Å². The molecule has 2 unspecified atom stereocenters. The van der Waals surface area contributed by atoms with Crippen molar-refractivity contribution in [2.75, 3.05) is 23.3 Å². The minimum Gasteiger partial charge on any atom is -0.372 e. The SMILES string of the molecule is CC(C)CC1NC(=O)C(C(=O)Nc2ccc(N3CCCCC3)cc2)C1=O. The molecule has 2 aliphatic heterocycles. The van der Waals surface area contributed by atoms with E-state index in [1.165, 1.54) is 19.3 Å². The minimum absolute atomic E-state index is 0.272. The normalized spacial score (nSPS) is 23.3. The largest absolute Gasteiger partial charge is 0.372 e. The summed E-state index contributed by atoms with van der Waals surface area (Å²) in [5, 5.41) is 5.36. The highest BCUT2D eigenvalue weighted by molar-refractivity contribution is 6.26. The Morgan fingerprint density at radius 2 is 1.81 bits per heavy atom. The van der Waals surface area contributed by atoms with Gasteiger partial charge in [0.1, 0.15) is 0 Å². The molecular weight excluding hydrogens is 330 g/mol. The average molecular weight is 357 g/mol. The van der Waals surface area contributed by atoms with E-state index in [-0.39, 0.29) is 11.7 Å². The predicted molar refractivity (Wildman–Crippen MR) is 101 cm³/mol. The third kappa shape index (κ3) is 4.06. The smallest absolute Gasteiger partial charge is 0.244 e. The summed E-state index contributed by atoms with van der Waals surface area (Å²) >= 11 is 0. The van der Waals surface area contributed by atoms with E-state index < -0.39 is 23.8 Å². The number of nitrogens with one attached hydrogen (secondary N) is 2. The van der Waals surface area contributed by atoms with E-state index in [0.717, 1.165) is 18.8 Å². The first-order valence-electron chi connectivity index (χ1n) is 9.45. The Bertz CT molecular complexity index is 678. The van der Waals surface area contributed by atoms with Gasteiger partial charge >= 0.3 is 0 Å². The van der Waals surface area contributed by atoms with E-state index in [9.17, 15) is 14.4 Å². The second-order valence-corrected chi connectivity index (χ2v) is 7.61. The first-order chi connectivity index (χ1) is 12.5. The first kappa shape index (κ1) is 18.4. The summed E-state index contributed by atoms with van der Waals surface area (Å²) in [5.41, 5.74) is 1.73. The van der Waals surface area contributed by atoms with Crippen LogP contribution in [0.4, 0.5) is 11.4 Å². The Kier molecular flexibility index (Phi) is 5.59. The fraction of sp³-hybridized carbons (Fsp3) is 0.550. The summed E-state index contributed by atoms with van der Waals surface area (Å²) < 4.78 is 0. The molecule has 140 valence electrons. The van der Waals surface area contributed by atoms with Gasteiger partial charge in [-0.2, -0.15) is 0 Å². The van der Waals surface area contributed by atoms with Crippen LogP contribution >= 0.6 is 0 Å². The van der Waals surface area contributed by atoms with Crippen molar-refractivity contribution in [3.8, 4) is 0 Å². The second kappa shape index (κ2) is 7.89. The quantitative estimate of drug-likeness (QED) is 0.793. The van der Waals surface area contributed by atoms with Gasteiger partial charge in [0.15, 0.2) is 11.7 Å². The molecule has 26 heavy (non-hydrogen) atoms. The van der Waals surface area contributed by atoms with Gasteiger partial charge in [-0.05, 0) is 55.9 Å². The van der Waals surface area contributed by atoms with Crippen molar-refractivity contribution in [2.45, 2.75) is 45.6 Å². The lowest BCUT2D eigenvalue weighted by Crippen LogP contribution is -2.33. The predicted octanol–water partition coefficient (Wildman–Crippen LogP) is 2.35. The highest BCUT2D eigenvalue weighted by Gasteiger charge is 2.45. The van der Waals surface area contributed by atoms with Crippen molar-refractivity contribution < 1.29 is 14.4 Å². The molecule has 0 aromatic heterocycles. The van der Waals surface area contributed by atoms with E-state index in [0.29, 0.717) is 12.1 Å². The number of Topliss-reactive ketones (excluding diaryl/α,β-unsaturated/α-hetero) is 1. The van der Waals surface area contributed by atoms with E-state index in [2.05, 4.69) is 15.5 Å². The number of amides is 2. The molecule has 1 aromatic rings. The maximum Gasteiger partial charge on any atom is 0.244 e. The van der Waals surface area contributed by atoms with Crippen LogP contribution in [-0.2, 0) is 14.4 Å². The summed E-state index contributed by atoms with van der Waals surface area (Å²) in [6.45, 7) is 6.08. The van der Waals surface area contributed by atoms with Crippen LogP contribution in [-0.4, -0.2) is 36.7 Å². The molecule has 0 saturated carbocycles. The van der Waals surface area contributed by atoms with Crippen molar-refractivity contribution in [3.05, 3.63) is 24.3 Å². The van der Waals surface area contributed by atoms with Gasteiger partial charge in [-0.1, -0.05) is 13.8 Å². The Hall–Kier alpha value is -2.37. The summed E-state index contributed by atoms with van der Waals surface area (Å²) in [6, 6.07) is 7.04. The number of ketones is 1. The van der Waals surface area contributed by atoms with Gasteiger partial charge in [0, 0.05) is 24.5 Å². The van der Waals surface area contributed by atoms with Crippen molar-refractivity contribution in [1.82, 2.24) is 5.32 Å². The summed E-state index contributed by atoms with van der Waals surface area (Å²) in [4.78, 5) is 39.2. The summed E-state index contributed by atoms with van der Waals surface area (Å²) in [5.74, 6) is -2.35. The highest BCUT2D eigenvalue weighted by atomic mass is 16.2. The number of piperidine rings is 1. The van der Waals surface area contributed by atoms with Crippen molar-refractivity contribution in [3.63, 3.8) is 0 Å². The van der Waals surface area contributed by atoms with Gasteiger partial charge in [0.2, 0.25) is 11.8 Å². The number of anilines is 2. The first-order valence-corrected chi connectivity index (χ1v) is 9.45. The molecule has 2 N–H and O–H groups in total. The third-order valence-electron chi connectivity index (χ3n) is 5.03. The zero-order valence-corrected chi connectivity index (χ0v) is 15.5. The van der Waals surface area contributed by atoms with Crippen LogP contribution in [0.3, 0.4) is 0 Å². The van der Waals surface area contributed by atoms with Gasteiger partial charge < -0.3 is 15.5 Å². The number of hydrogen-bond donors (Lipinski definition) is 2. The molecule has 3 rings (SSSR count). The van der Waals surface area contributed by atoms with Crippen molar-refractivity contribution in [2.24, 2.45) is 11.8 Å².